The Labute approximate surface area is 128 Å². The van der Waals surface area contributed by atoms with Gasteiger partial charge < -0.3 is 15.8 Å². The van der Waals surface area contributed by atoms with Gasteiger partial charge in [-0.25, -0.2) is 0 Å². The number of carbonyl (C=O) groups excluding carboxylic acids is 1. The van der Waals surface area contributed by atoms with Gasteiger partial charge >= 0.3 is 0 Å². The fourth-order valence-electron chi connectivity index (χ4n) is 1.81. The number of aromatic nitrogens is 4. The number of benzene rings is 1. The van der Waals surface area contributed by atoms with E-state index in [9.17, 15) is 4.79 Å². The van der Waals surface area contributed by atoms with Crippen molar-refractivity contribution in [3.05, 3.63) is 35.9 Å². The Hall–Kier alpha value is -2.48. The topological polar surface area (TPSA) is 108 Å². The highest BCUT2D eigenvalue weighted by Crippen LogP contribution is 2.02. The van der Waals surface area contributed by atoms with Crippen LogP contribution in [0.25, 0.3) is 0 Å². The van der Waals surface area contributed by atoms with E-state index in [-0.39, 0.29) is 24.3 Å². The Morgan fingerprint density at radius 1 is 1.41 bits per heavy atom. The molecule has 0 radical (unpaired) electrons. The van der Waals surface area contributed by atoms with E-state index in [0.717, 1.165) is 10.4 Å². The molecule has 2 aromatic rings. The van der Waals surface area contributed by atoms with Crippen molar-refractivity contribution < 1.29 is 9.53 Å². The van der Waals surface area contributed by atoms with Gasteiger partial charge in [-0.15, -0.1) is 5.10 Å². The van der Waals surface area contributed by atoms with Gasteiger partial charge in [0.2, 0.25) is 5.91 Å². The predicted molar refractivity (Wildman–Crippen MR) is 80.5 cm³/mol. The van der Waals surface area contributed by atoms with Crippen molar-refractivity contribution in [3.63, 3.8) is 0 Å². The molecule has 0 bridgehead atoms. The number of nitrogens with one attached hydrogen (secondary N) is 1. The Balaban J connectivity index is 1.60. The summed E-state index contributed by atoms with van der Waals surface area (Å²) in [6.07, 6.45) is 0. The first kappa shape index (κ1) is 15.9. The van der Waals surface area contributed by atoms with E-state index in [1.165, 1.54) is 0 Å². The zero-order chi connectivity index (χ0) is 15.8. The van der Waals surface area contributed by atoms with E-state index >= 15 is 0 Å². The molecule has 118 valence electrons. The third-order valence-electron chi connectivity index (χ3n) is 2.91. The van der Waals surface area contributed by atoms with Crippen LogP contribution in [-0.4, -0.2) is 39.3 Å². The molecule has 0 aliphatic rings. The number of anilines is 1. The molecule has 8 heteroatoms. The van der Waals surface area contributed by atoms with Crippen LogP contribution in [0.3, 0.4) is 0 Å². The maximum atomic E-state index is 11.7. The quantitative estimate of drug-likeness (QED) is 0.722. The van der Waals surface area contributed by atoms with Crippen LogP contribution in [0.5, 0.6) is 0 Å². The predicted octanol–water partition coefficient (Wildman–Crippen LogP) is 0.224. The van der Waals surface area contributed by atoms with Crippen molar-refractivity contribution in [1.82, 2.24) is 25.5 Å². The van der Waals surface area contributed by atoms with E-state index < -0.39 is 0 Å². The van der Waals surface area contributed by atoms with E-state index in [1.54, 1.807) is 0 Å². The maximum absolute atomic E-state index is 11.7. The zero-order valence-electron chi connectivity index (χ0n) is 12.5. The summed E-state index contributed by atoms with van der Waals surface area (Å²) in [6.45, 7) is 3.68. The summed E-state index contributed by atoms with van der Waals surface area (Å²) in [5.41, 5.74) is 6.46. The van der Waals surface area contributed by atoms with E-state index in [4.69, 9.17) is 10.5 Å². The molecule has 1 amide bonds. The monoisotopic (exact) mass is 304 g/mol. The Morgan fingerprint density at radius 3 is 2.86 bits per heavy atom. The van der Waals surface area contributed by atoms with E-state index in [0.29, 0.717) is 19.8 Å². The number of amides is 1. The van der Waals surface area contributed by atoms with Crippen LogP contribution in [0.15, 0.2) is 30.3 Å². The van der Waals surface area contributed by atoms with Gasteiger partial charge in [0.25, 0.3) is 5.95 Å². The minimum Gasteiger partial charge on any atom is -0.376 e. The summed E-state index contributed by atoms with van der Waals surface area (Å²) < 4.78 is 5.63. The van der Waals surface area contributed by atoms with Gasteiger partial charge in [0.1, 0.15) is 6.54 Å². The molecule has 2 rings (SSSR count). The van der Waals surface area contributed by atoms with Crippen molar-refractivity contribution in [2.75, 3.05) is 18.9 Å². The first-order valence-corrected chi connectivity index (χ1v) is 7.05. The highest BCUT2D eigenvalue weighted by molar-refractivity contribution is 5.75. The molecule has 0 spiro atoms. The molecule has 1 heterocycles. The molecule has 0 saturated carbocycles. The van der Waals surface area contributed by atoms with Crippen molar-refractivity contribution >= 4 is 11.9 Å². The number of hydrogen-bond acceptors (Lipinski definition) is 6. The van der Waals surface area contributed by atoms with Crippen molar-refractivity contribution in [2.24, 2.45) is 5.92 Å². The van der Waals surface area contributed by atoms with Crippen molar-refractivity contribution in [2.45, 2.75) is 20.1 Å². The molecular weight excluding hydrogens is 284 g/mol. The maximum Gasteiger partial charge on any atom is 0.260 e. The molecule has 1 aromatic carbocycles. The second kappa shape index (κ2) is 8.08. The van der Waals surface area contributed by atoms with Gasteiger partial charge in [0, 0.05) is 6.54 Å². The summed E-state index contributed by atoms with van der Waals surface area (Å²) in [5, 5.41) is 13.7. The van der Waals surface area contributed by atoms with Crippen LogP contribution in [0.2, 0.25) is 0 Å². The third-order valence-corrected chi connectivity index (χ3v) is 2.91. The summed E-state index contributed by atoms with van der Waals surface area (Å²) in [6, 6.07) is 9.96. The number of carbonyl (C=O) groups is 1. The van der Waals surface area contributed by atoms with Crippen LogP contribution in [0.1, 0.15) is 12.5 Å². The molecular formula is C14H20N6O2. The Morgan fingerprint density at radius 2 is 2.18 bits per heavy atom. The van der Waals surface area contributed by atoms with Gasteiger partial charge in [-0.1, -0.05) is 42.4 Å². The fraction of sp³-hybridized carbons (Fsp3) is 0.429. The molecule has 8 nitrogen and oxygen atoms in total. The molecule has 0 aliphatic carbocycles. The summed E-state index contributed by atoms with van der Waals surface area (Å²) >= 11 is 0. The van der Waals surface area contributed by atoms with E-state index in [2.05, 4.69) is 20.7 Å². The molecule has 1 atom stereocenters. The second-order valence-corrected chi connectivity index (χ2v) is 5.09. The Bertz CT molecular complexity index is 586. The number of nitrogens with two attached hydrogens (primary N) is 1. The second-order valence-electron chi connectivity index (χ2n) is 5.09. The van der Waals surface area contributed by atoms with Crippen LogP contribution >= 0.6 is 0 Å². The van der Waals surface area contributed by atoms with Crippen LogP contribution in [-0.2, 0) is 22.7 Å². The molecule has 1 unspecified atom stereocenters. The van der Waals surface area contributed by atoms with Gasteiger partial charge in [-0.3, -0.25) is 4.79 Å². The lowest BCUT2D eigenvalue weighted by atomic mass is 10.2. The minimum absolute atomic E-state index is 0.00178. The van der Waals surface area contributed by atoms with Crippen molar-refractivity contribution in [1.29, 1.82) is 0 Å². The standard InChI is InChI=1S/C14H20N6O2/c1-11(9-22-10-12-5-3-2-4-6-12)7-16-13(21)8-20-18-14(15)17-19-20/h2-6,11H,7-10H2,1H3,(H2,15,18)(H,16,21). The van der Waals surface area contributed by atoms with Gasteiger partial charge in [0.15, 0.2) is 0 Å². The zero-order valence-corrected chi connectivity index (χ0v) is 12.5. The van der Waals surface area contributed by atoms with Crippen LogP contribution in [0.4, 0.5) is 5.95 Å². The number of nitrogens with zero attached hydrogens (tertiary/aromatic N) is 4. The highest BCUT2D eigenvalue weighted by atomic mass is 16.5. The number of rotatable bonds is 8. The molecule has 0 aliphatic heterocycles. The summed E-state index contributed by atoms with van der Waals surface area (Å²) in [7, 11) is 0. The summed E-state index contributed by atoms with van der Waals surface area (Å²) in [5.74, 6) is 0.0734. The van der Waals surface area contributed by atoms with Gasteiger partial charge in [-0.05, 0) is 16.7 Å². The first-order chi connectivity index (χ1) is 10.6. The SMILES string of the molecule is CC(CNC(=O)Cn1nnc(N)n1)COCc1ccccc1. The normalized spacial score (nSPS) is 12.0. The van der Waals surface area contributed by atoms with Gasteiger partial charge in [0.05, 0.1) is 13.2 Å². The van der Waals surface area contributed by atoms with E-state index in [1.807, 2.05) is 37.3 Å². The average Bonchev–Trinajstić information content (AvgIpc) is 2.91. The van der Waals surface area contributed by atoms with Crippen LogP contribution < -0.4 is 11.1 Å². The third kappa shape index (κ3) is 5.49. The van der Waals surface area contributed by atoms with Crippen molar-refractivity contribution in [3.8, 4) is 0 Å². The largest absolute Gasteiger partial charge is 0.376 e. The lowest BCUT2D eigenvalue weighted by Gasteiger charge is -2.13. The Kier molecular flexibility index (Phi) is 5.84. The number of hydrogen-bond donors (Lipinski definition) is 2. The molecule has 22 heavy (non-hydrogen) atoms. The smallest absolute Gasteiger partial charge is 0.260 e. The lowest BCUT2D eigenvalue weighted by molar-refractivity contribution is -0.122. The average molecular weight is 304 g/mol. The molecule has 1 aromatic heterocycles. The fourth-order valence-corrected chi connectivity index (χ4v) is 1.81. The number of tetrazole rings is 1. The molecule has 0 fully saturated rings. The molecule has 0 saturated heterocycles. The summed E-state index contributed by atoms with van der Waals surface area (Å²) in [4.78, 5) is 12.9. The number of ether oxygens (including phenoxy) is 1. The minimum atomic E-state index is -0.188. The first-order valence-electron chi connectivity index (χ1n) is 7.05. The lowest BCUT2D eigenvalue weighted by Crippen LogP contribution is -2.33. The van der Waals surface area contributed by atoms with Crippen LogP contribution in [0, 0.1) is 5.92 Å². The molecule has 3 N–H and O–H groups in total. The van der Waals surface area contributed by atoms with Gasteiger partial charge in [-0.2, -0.15) is 4.80 Å². The number of nitrogen functional groups attached to an aromatic ring is 1. The highest BCUT2D eigenvalue weighted by Gasteiger charge is 2.08.